The maximum atomic E-state index is 12.3. The van der Waals surface area contributed by atoms with Crippen molar-refractivity contribution in [1.29, 1.82) is 0 Å². The summed E-state index contributed by atoms with van der Waals surface area (Å²) >= 11 is 0. The van der Waals surface area contributed by atoms with Gasteiger partial charge in [-0.1, -0.05) is 25.4 Å². The Morgan fingerprint density at radius 3 is 2.95 bits per heavy atom. The number of aryl methyl sites for hydroxylation is 1. The number of aromatic nitrogens is 1. The third kappa shape index (κ3) is 3.15. The second-order valence-electron chi connectivity index (χ2n) is 5.35. The normalized spacial score (nSPS) is 23.0. The highest BCUT2D eigenvalue weighted by Crippen LogP contribution is 2.22. The van der Waals surface area contributed by atoms with E-state index in [-0.39, 0.29) is 11.9 Å². The van der Waals surface area contributed by atoms with Crippen LogP contribution in [0.4, 0.5) is 0 Å². The van der Waals surface area contributed by atoms with E-state index in [9.17, 15) is 4.79 Å². The topological polar surface area (TPSA) is 72.4 Å². The molecule has 1 aliphatic heterocycles. The van der Waals surface area contributed by atoms with E-state index >= 15 is 0 Å². The van der Waals surface area contributed by atoms with Gasteiger partial charge in [-0.2, -0.15) is 0 Å². The van der Waals surface area contributed by atoms with Crippen molar-refractivity contribution < 1.29 is 9.32 Å². The average molecular weight is 265 g/mol. The molecule has 1 saturated heterocycles. The van der Waals surface area contributed by atoms with Gasteiger partial charge in [0.15, 0.2) is 5.69 Å². The van der Waals surface area contributed by atoms with Crippen LogP contribution >= 0.6 is 0 Å². The number of hydrogen-bond donors (Lipinski definition) is 1. The third-order valence-electron chi connectivity index (χ3n) is 3.71. The van der Waals surface area contributed by atoms with Gasteiger partial charge in [-0.3, -0.25) is 4.79 Å². The van der Waals surface area contributed by atoms with Gasteiger partial charge in [-0.05, 0) is 18.8 Å². The molecular weight excluding hydrogens is 242 g/mol. The molecule has 1 fully saturated rings. The summed E-state index contributed by atoms with van der Waals surface area (Å²) in [5, 5.41) is 3.87. The van der Waals surface area contributed by atoms with E-state index < -0.39 is 0 Å². The van der Waals surface area contributed by atoms with Crippen LogP contribution in [-0.2, 0) is 6.42 Å². The molecule has 2 N–H and O–H groups in total. The zero-order chi connectivity index (χ0) is 13.8. The van der Waals surface area contributed by atoms with Crippen molar-refractivity contribution >= 4 is 5.91 Å². The molecule has 0 unspecified atom stereocenters. The Morgan fingerprint density at radius 1 is 1.47 bits per heavy atom. The van der Waals surface area contributed by atoms with Crippen LogP contribution in [0.2, 0.25) is 0 Å². The van der Waals surface area contributed by atoms with Gasteiger partial charge in [0.25, 0.3) is 5.91 Å². The highest BCUT2D eigenvalue weighted by atomic mass is 16.5. The molecule has 0 aliphatic carbocycles. The molecule has 1 aromatic rings. The lowest BCUT2D eigenvalue weighted by Gasteiger charge is -2.14. The minimum Gasteiger partial charge on any atom is -0.361 e. The number of rotatable bonds is 5. The molecule has 1 aromatic heterocycles. The average Bonchev–Trinajstić information content (AvgIpc) is 2.98. The van der Waals surface area contributed by atoms with Gasteiger partial charge in [-0.15, -0.1) is 0 Å². The summed E-state index contributed by atoms with van der Waals surface area (Å²) in [6.45, 7) is 5.58. The van der Waals surface area contributed by atoms with Gasteiger partial charge in [0.1, 0.15) is 5.76 Å². The standard InChI is InChI=1S/C14H23N3O2/c1-3-5-10-8-17(9-12(10)15)14(18)13-7-11(6-4-2)19-16-13/h7,10,12H,3-6,8-9,15H2,1-2H3/t10-,12-/m1/s1. The zero-order valence-electron chi connectivity index (χ0n) is 11.8. The number of hydrogen-bond acceptors (Lipinski definition) is 4. The lowest BCUT2D eigenvalue weighted by atomic mass is 9.99. The van der Waals surface area contributed by atoms with E-state index in [1.54, 1.807) is 11.0 Å². The molecule has 19 heavy (non-hydrogen) atoms. The van der Waals surface area contributed by atoms with Crippen LogP contribution in [-0.4, -0.2) is 35.1 Å². The maximum absolute atomic E-state index is 12.3. The minimum atomic E-state index is -0.0554. The SMILES string of the molecule is CCCc1cc(C(=O)N2C[C@@H](CCC)[C@H](N)C2)no1. The van der Waals surface area contributed by atoms with E-state index in [1.807, 2.05) is 0 Å². The molecule has 5 nitrogen and oxygen atoms in total. The largest absolute Gasteiger partial charge is 0.361 e. The molecule has 0 saturated carbocycles. The lowest BCUT2D eigenvalue weighted by molar-refractivity contribution is 0.0775. The first-order valence-electron chi connectivity index (χ1n) is 7.16. The summed E-state index contributed by atoms with van der Waals surface area (Å²) in [5.74, 6) is 1.13. The molecule has 1 aliphatic rings. The Hall–Kier alpha value is -1.36. The van der Waals surface area contributed by atoms with Crippen molar-refractivity contribution in [2.45, 2.75) is 45.6 Å². The van der Waals surface area contributed by atoms with Crippen LogP contribution in [0, 0.1) is 5.92 Å². The number of nitrogens with zero attached hydrogens (tertiary/aromatic N) is 2. The van der Waals surface area contributed by atoms with Gasteiger partial charge in [0.05, 0.1) is 0 Å². The molecule has 0 spiro atoms. The van der Waals surface area contributed by atoms with E-state index in [0.717, 1.165) is 38.0 Å². The fourth-order valence-electron chi connectivity index (χ4n) is 2.68. The van der Waals surface area contributed by atoms with Gasteiger partial charge >= 0.3 is 0 Å². The smallest absolute Gasteiger partial charge is 0.276 e. The monoisotopic (exact) mass is 265 g/mol. The van der Waals surface area contributed by atoms with Crippen molar-refractivity contribution in [3.63, 3.8) is 0 Å². The van der Waals surface area contributed by atoms with E-state index in [0.29, 0.717) is 18.2 Å². The summed E-state index contributed by atoms with van der Waals surface area (Å²) in [4.78, 5) is 14.1. The van der Waals surface area contributed by atoms with Crippen LogP contribution in [0.1, 0.15) is 49.4 Å². The molecule has 106 valence electrons. The van der Waals surface area contributed by atoms with Crippen molar-refractivity contribution in [3.05, 3.63) is 17.5 Å². The second kappa shape index (κ2) is 6.19. The van der Waals surface area contributed by atoms with Crippen molar-refractivity contribution in [1.82, 2.24) is 10.1 Å². The van der Waals surface area contributed by atoms with E-state index in [4.69, 9.17) is 10.3 Å². The summed E-state index contributed by atoms with van der Waals surface area (Å²) in [5.41, 5.74) is 6.50. The van der Waals surface area contributed by atoms with Crippen LogP contribution in [0.15, 0.2) is 10.6 Å². The minimum absolute atomic E-state index is 0.0554. The first kappa shape index (κ1) is 14.1. The summed E-state index contributed by atoms with van der Waals surface area (Å²) in [7, 11) is 0. The lowest BCUT2D eigenvalue weighted by Crippen LogP contribution is -2.32. The number of likely N-dealkylation sites (tertiary alicyclic amines) is 1. The van der Waals surface area contributed by atoms with Gasteiger partial charge in [0.2, 0.25) is 0 Å². The molecule has 0 aromatic carbocycles. The molecule has 5 heteroatoms. The Balaban J connectivity index is 1.99. The van der Waals surface area contributed by atoms with Crippen molar-refractivity contribution in [2.24, 2.45) is 11.7 Å². The Bertz CT molecular complexity index is 430. The molecule has 2 atom stereocenters. The summed E-state index contributed by atoms with van der Waals surface area (Å²) in [6, 6.07) is 1.84. The van der Waals surface area contributed by atoms with Gasteiger partial charge in [0, 0.05) is 31.6 Å². The van der Waals surface area contributed by atoms with Crippen LogP contribution < -0.4 is 5.73 Å². The van der Waals surface area contributed by atoms with Crippen molar-refractivity contribution in [3.8, 4) is 0 Å². The fourth-order valence-corrected chi connectivity index (χ4v) is 2.68. The number of carbonyl (C=O) groups excluding carboxylic acids is 1. The van der Waals surface area contributed by atoms with Gasteiger partial charge < -0.3 is 15.2 Å². The second-order valence-corrected chi connectivity index (χ2v) is 5.35. The Labute approximate surface area is 114 Å². The molecule has 2 rings (SSSR count). The van der Waals surface area contributed by atoms with Crippen LogP contribution in [0.25, 0.3) is 0 Å². The highest BCUT2D eigenvalue weighted by molar-refractivity contribution is 5.92. The highest BCUT2D eigenvalue weighted by Gasteiger charge is 2.33. The molecule has 2 heterocycles. The Kier molecular flexibility index (Phi) is 4.58. The van der Waals surface area contributed by atoms with Crippen LogP contribution in [0.5, 0.6) is 0 Å². The van der Waals surface area contributed by atoms with Crippen LogP contribution in [0.3, 0.4) is 0 Å². The predicted molar refractivity (Wildman–Crippen MR) is 72.8 cm³/mol. The number of amides is 1. The quantitative estimate of drug-likeness (QED) is 0.881. The Morgan fingerprint density at radius 2 is 2.26 bits per heavy atom. The summed E-state index contributed by atoms with van der Waals surface area (Å²) in [6.07, 6.45) is 3.98. The van der Waals surface area contributed by atoms with E-state index in [2.05, 4.69) is 19.0 Å². The molecule has 1 amide bonds. The van der Waals surface area contributed by atoms with E-state index in [1.165, 1.54) is 0 Å². The molecule has 0 bridgehead atoms. The molecule has 0 radical (unpaired) electrons. The fraction of sp³-hybridized carbons (Fsp3) is 0.714. The maximum Gasteiger partial charge on any atom is 0.276 e. The number of nitrogens with two attached hydrogens (primary N) is 1. The predicted octanol–water partition coefficient (Wildman–Crippen LogP) is 1.83. The zero-order valence-corrected chi connectivity index (χ0v) is 11.8. The molecular formula is C14H23N3O2. The van der Waals surface area contributed by atoms with Gasteiger partial charge in [-0.25, -0.2) is 0 Å². The first-order chi connectivity index (χ1) is 9.15. The number of carbonyl (C=O) groups is 1. The summed E-state index contributed by atoms with van der Waals surface area (Å²) < 4.78 is 5.16. The third-order valence-corrected chi connectivity index (χ3v) is 3.71. The first-order valence-corrected chi connectivity index (χ1v) is 7.16. The van der Waals surface area contributed by atoms with Crippen molar-refractivity contribution in [2.75, 3.05) is 13.1 Å².